The van der Waals surface area contributed by atoms with Crippen molar-refractivity contribution in [2.24, 2.45) is 0 Å². The van der Waals surface area contributed by atoms with Gasteiger partial charge in [0.1, 0.15) is 0 Å². The van der Waals surface area contributed by atoms with Gasteiger partial charge in [0.15, 0.2) is 11.6 Å². The third-order valence-electron chi connectivity index (χ3n) is 4.39. The van der Waals surface area contributed by atoms with Crippen LogP contribution in [0.15, 0.2) is 55.0 Å². The topological polar surface area (TPSA) is 117 Å². The molecule has 0 aliphatic carbocycles. The lowest BCUT2D eigenvalue weighted by atomic mass is 10.1. The molecule has 1 aromatic carbocycles. The van der Waals surface area contributed by atoms with Crippen LogP contribution in [0.1, 0.15) is 38.5 Å². The first-order chi connectivity index (χ1) is 21.1. The van der Waals surface area contributed by atoms with E-state index in [0.29, 0.717) is 6.20 Å². The number of amides is 2. The number of nitrogens with one attached hydrogen (secondary N) is 1. The number of H-pyrrole nitrogens is 1. The summed E-state index contributed by atoms with van der Waals surface area (Å²) in [6.07, 6.45) is 4.03. The largest absolute Gasteiger partial charge is 0.357 e. The second-order valence-corrected chi connectivity index (χ2v) is 6.29. The van der Waals surface area contributed by atoms with E-state index in [1.54, 1.807) is 0 Å². The van der Waals surface area contributed by atoms with E-state index in [9.17, 15) is 18.8 Å². The van der Waals surface area contributed by atoms with Gasteiger partial charge in [-0.2, -0.15) is 0 Å². The van der Waals surface area contributed by atoms with Gasteiger partial charge < -0.3 is 14.8 Å². The van der Waals surface area contributed by atoms with Crippen LogP contribution in [-0.2, 0) is 4.79 Å². The zero-order chi connectivity index (χ0) is 34.5. The van der Waals surface area contributed by atoms with Crippen LogP contribution >= 0.6 is 0 Å². The minimum atomic E-state index is -4.09. The number of fused-ring (bicyclic) bond motifs is 1. The van der Waals surface area contributed by atoms with Gasteiger partial charge in [-0.15, -0.1) is 5.10 Å². The maximum atomic E-state index is 15.0. The molecule has 33 heavy (non-hydrogen) atoms. The fourth-order valence-electron chi connectivity index (χ4n) is 2.91. The van der Waals surface area contributed by atoms with Gasteiger partial charge in [-0.05, 0) is 12.1 Å². The molecule has 0 spiro atoms. The van der Waals surface area contributed by atoms with Gasteiger partial charge in [-0.25, -0.2) is 14.1 Å². The molecule has 1 fully saturated rings. The first-order valence-corrected chi connectivity index (χ1v) is 8.96. The van der Waals surface area contributed by atoms with Crippen molar-refractivity contribution in [2.75, 3.05) is 26.0 Å². The molecule has 4 aromatic rings. The number of carbonyl (C=O) groups excluding carboxylic acids is 3. The number of benzene rings is 1. The van der Waals surface area contributed by atoms with E-state index < -0.39 is 106 Å². The molecular weight excluding hydrogens is 429 g/mol. The average Bonchev–Trinajstić information content (AvgIpc) is 3.65. The smallest absolute Gasteiger partial charge is 0.295 e. The van der Waals surface area contributed by atoms with Crippen LogP contribution in [0.2, 0.25) is 0 Å². The summed E-state index contributed by atoms with van der Waals surface area (Å²) < 4.78 is 123. The first kappa shape index (κ1) is 10.5. The van der Waals surface area contributed by atoms with E-state index in [1.165, 1.54) is 12.4 Å². The third kappa shape index (κ3) is 3.63. The van der Waals surface area contributed by atoms with Crippen molar-refractivity contribution in [3.05, 3.63) is 71.9 Å². The fourth-order valence-corrected chi connectivity index (χ4v) is 2.91. The molecule has 10 nitrogen and oxygen atoms in total. The average molecular weight is 461 g/mol. The number of pyridine rings is 1. The van der Waals surface area contributed by atoms with Gasteiger partial charge in [0.05, 0.1) is 52.9 Å². The highest BCUT2D eigenvalue weighted by Crippen LogP contribution is 2.26. The highest BCUT2D eigenvalue weighted by atomic mass is 19.1. The molecule has 0 atom stereocenters. The molecule has 3 aromatic heterocycles. The van der Waals surface area contributed by atoms with Crippen LogP contribution in [-0.4, -0.2) is 78.3 Å². The Bertz CT molecular complexity index is 1910. The normalized spacial score (nSPS) is 25.8. The Balaban J connectivity index is 1.64. The van der Waals surface area contributed by atoms with E-state index >= 15 is 0 Å². The van der Waals surface area contributed by atoms with E-state index in [4.69, 9.17) is 17.8 Å². The van der Waals surface area contributed by atoms with E-state index in [2.05, 4.69) is 20.3 Å². The van der Waals surface area contributed by atoms with Crippen molar-refractivity contribution >= 4 is 28.5 Å². The van der Waals surface area contributed by atoms with Gasteiger partial charge >= 0.3 is 0 Å². The van der Waals surface area contributed by atoms with Crippen LogP contribution in [0.5, 0.6) is 0 Å². The van der Waals surface area contributed by atoms with Gasteiger partial charge in [-0.3, -0.25) is 14.4 Å². The second-order valence-electron chi connectivity index (χ2n) is 6.29. The number of hydrogen-bond donors (Lipinski definition) is 1. The highest BCUT2D eigenvalue weighted by molar-refractivity contribution is 6.45. The summed E-state index contributed by atoms with van der Waals surface area (Å²) in [5, 5.41) is 6.70. The Morgan fingerprint density at radius 2 is 1.82 bits per heavy atom. The van der Waals surface area contributed by atoms with Crippen molar-refractivity contribution in [1.29, 1.82) is 0 Å². The molecule has 1 aliphatic heterocycles. The van der Waals surface area contributed by atoms with Crippen molar-refractivity contribution in [2.45, 2.75) is 0 Å². The molecule has 0 unspecified atom stereocenters. The van der Waals surface area contributed by atoms with Gasteiger partial charge in [0, 0.05) is 37.7 Å². The minimum Gasteiger partial charge on any atom is -0.357 e. The van der Waals surface area contributed by atoms with Crippen molar-refractivity contribution in [3.8, 4) is 5.82 Å². The monoisotopic (exact) mass is 460 g/mol. The minimum absolute atomic E-state index is 0.0986. The van der Waals surface area contributed by atoms with E-state index in [-0.39, 0.29) is 11.3 Å². The van der Waals surface area contributed by atoms with Crippen LogP contribution in [0, 0.1) is 5.82 Å². The summed E-state index contributed by atoms with van der Waals surface area (Å²) in [6.45, 7) is -16.3. The summed E-state index contributed by atoms with van der Waals surface area (Å²) in [6, 6.07) is -5.57. The number of nitrogens with zero attached hydrogens (tertiary/aromatic N) is 6. The maximum Gasteiger partial charge on any atom is 0.295 e. The van der Waals surface area contributed by atoms with Gasteiger partial charge in [-0.1, -0.05) is 23.3 Å². The van der Waals surface area contributed by atoms with Crippen LogP contribution in [0.4, 0.5) is 4.39 Å². The quantitative estimate of drug-likeness (QED) is 0.364. The number of halogens is 1. The van der Waals surface area contributed by atoms with Crippen molar-refractivity contribution in [3.63, 3.8) is 0 Å². The van der Waals surface area contributed by atoms with Gasteiger partial charge in [0.2, 0.25) is 0 Å². The number of hydrogen-bond acceptors (Lipinski definition) is 6. The second kappa shape index (κ2) is 8.26. The zero-order valence-electron chi connectivity index (χ0n) is 29.1. The molecule has 0 saturated carbocycles. The first-order valence-electron chi connectivity index (χ1n) is 15.5. The molecule has 0 radical (unpaired) electrons. The zero-order valence-corrected chi connectivity index (χ0v) is 16.1. The lowest BCUT2D eigenvalue weighted by Gasteiger charge is -2.34. The number of aromatic nitrogens is 5. The van der Waals surface area contributed by atoms with Crippen LogP contribution < -0.4 is 0 Å². The summed E-state index contributed by atoms with van der Waals surface area (Å²) >= 11 is 0. The van der Waals surface area contributed by atoms with Crippen LogP contribution in [0.25, 0.3) is 16.7 Å². The molecular formula is C22H18FN7O3. The van der Waals surface area contributed by atoms with E-state index in [0.717, 1.165) is 10.9 Å². The summed E-state index contributed by atoms with van der Waals surface area (Å²) in [4.78, 5) is 45.7. The Labute approximate surface area is 204 Å². The highest BCUT2D eigenvalue weighted by Gasteiger charge is 2.31. The third-order valence-corrected chi connectivity index (χ3v) is 4.39. The Kier molecular flexibility index (Phi) is 2.62. The summed E-state index contributed by atoms with van der Waals surface area (Å²) in [5.74, 6) is -7.31. The molecule has 1 aliphatic rings. The predicted octanol–water partition coefficient (Wildman–Crippen LogP) is 1.45. The number of aromatic amines is 1. The van der Waals surface area contributed by atoms with Crippen LogP contribution in [0.3, 0.4) is 0 Å². The molecule has 5 rings (SSSR count). The number of ketones is 1. The molecule has 2 amide bonds. The standard InChI is InChI=1S/C22H18FN7O3/c23-16-13-25-20(30-7-6-26-27-30)18-17(16)15(12-24-18)19(31)22(33)29-10-8-28(9-11-29)21(32)14-4-2-1-3-5-14/h1-7,12-13,24H,8-11H2/i1D,2D,3D,4D,5D,8D2,9D2,10D2,11D2. The SMILES string of the molecule is [2H]c1c([2H])c([2H])c(C(=O)N2C([2H])([2H])C([2H])([2H])N(C(=O)C(=O)c3c[nH]c4c(-n5ccnn5)ncc(F)c34)C([2H])([2H])C2([2H])[2H])c([2H])c1[2H]. The Morgan fingerprint density at radius 1 is 1.09 bits per heavy atom. The number of piperazine rings is 1. The molecule has 11 heteroatoms. The number of rotatable bonds is 4. The number of Topliss-reactive ketones (excluding diaryl/α,β-unsaturated/α-hetero) is 1. The molecule has 1 saturated heterocycles. The summed E-state index contributed by atoms with van der Waals surface area (Å²) in [5.41, 5.74) is -2.31. The lowest BCUT2D eigenvalue weighted by molar-refractivity contribution is -0.127. The van der Waals surface area contributed by atoms with Gasteiger partial charge in [0.25, 0.3) is 17.6 Å². The Morgan fingerprint density at radius 3 is 2.52 bits per heavy atom. The van der Waals surface area contributed by atoms with E-state index in [1.807, 2.05) is 0 Å². The fraction of sp³-hybridized carbons (Fsp3) is 0.182. The number of carbonyl (C=O) groups is 3. The lowest BCUT2D eigenvalue weighted by Crippen LogP contribution is -2.52. The molecule has 166 valence electrons. The predicted molar refractivity (Wildman–Crippen MR) is 114 cm³/mol. The Hall–Kier alpha value is -4.41. The molecule has 0 bridgehead atoms. The maximum absolute atomic E-state index is 15.0. The summed E-state index contributed by atoms with van der Waals surface area (Å²) in [7, 11) is 0. The van der Waals surface area contributed by atoms with Crippen molar-refractivity contribution < 1.29 is 36.6 Å². The van der Waals surface area contributed by atoms with Crippen molar-refractivity contribution in [1.82, 2.24) is 34.8 Å². The molecule has 1 N–H and O–H groups in total. The molecule has 4 heterocycles.